The highest BCUT2D eigenvalue weighted by molar-refractivity contribution is 6.46. The Balaban J connectivity index is 0.00000123. The molecule has 0 saturated heterocycles. The molecule has 0 saturated carbocycles. The van der Waals surface area contributed by atoms with Gasteiger partial charge in [-0.3, -0.25) is 9.59 Å². The zero-order chi connectivity index (χ0) is 18.5. The number of aromatic amines is 1. The molecule has 0 aliphatic carbocycles. The molecule has 130 valence electrons. The van der Waals surface area contributed by atoms with E-state index < -0.39 is 11.7 Å². The smallest absolute Gasteiger partial charge is 0.296 e. The summed E-state index contributed by atoms with van der Waals surface area (Å²) in [6.07, 6.45) is 5.24. The normalized spacial score (nSPS) is 10.9. The fourth-order valence-corrected chi connectivity index (χ4v) is 2.02. The Bertz CT molecular complexity index is 744. The Hall–Kier alpha value is -2.62. The first kappa shape index (κ1) is 21.4. The quantitative estimate of drug-likeness (QED) is 0.669. The largest absolute Gasteiger partial charge is 0.361 e. The van der Waals surface area contributed by atoms with Crippen LogP contribution in [0, 0.1) is 0 Å². The Morgan fingerprint density at radius 3 is 2.04 bits per heavy atom. The van der Waals surface area contributed by atoms with Crippen molar-refractivity contribution in [3.63, 3.8) is 0 Å². The van der Waals surface area contributed by atoms with Crippen molar-refractivity contribution >= 4 is 29.5 Å². The van der Waals surface area contributed by atoms with Gasteiger partial charge in [-0.1, -0.05) is 58.0 Å². The number of hydrogen-bond donors (Lipinski definition) is 2. The van der Waals surface area contributed by atoms with Gasteiger partial charge < -0.3 is 10.3 Å². The predicted octanol–water partition coefficient (Wildman–Crippen LogP) is 3.49. The number of rotatable bonds is 3. The van der Waals surface area contributed by atoms with Gasteiger partial charge in [0.1, 0.15) is 0 Å². The van der Waals surface area contributed by atoms with E-state index in [0.717, 1.165) is 10.6 Å². The van der Waals surface area contributed by atoms with Crippen LogP contribution in [-0.2, 0) is 4.79 Å². The second-order valence-corrected chi connectivity index (χ2v) is 4.26. The van der Waals surface area contributed by atoms with Crippen LogP contribution in [0.3, 0.4) is 0 Å². The molecule has 1 aromatic carbocycles. The molecule has 0 fully saturated rings. The van der Waals surface area contributed by atoms with Gasteiger partial charge >= 0.3 is 0 Å². The van der Waals surface area contributed by atoms with Crippen LogP contribution in [0.2, 0.25) is 0 Å². The minimum Gasteiger partial charge on any atom is -0.361 e. The molecule has 0 atom stereocenters. The molecule has 2 rings (SSSR count). The van der Waals surface area contributed by atoms with Crippen molar-refractivity contribution < 1.29 is 9.59 Å². The average Bonchev–Trinajstić information content (AvgIpc) is 3.08. The van der Waals surface area contributed by atoms with Gasteiger partial charge in [-0.25, -0.2) is 0 Å². The second-order valence-electron chi connectivity index (χ2n) is 4.26. The van der Waals surface area contributed by atoms with Crippen molar-refractivity contribution in [2.45, 2.75) is 41.5 Å². The number of H-pyrrole nitrogens is 1. The minimum absolute atomic E-state index is 0.383. The fraction of sp³-hybridized carbons (Fsp3) is 0.300. The molecule has 0 bridgehead atoms. The number of carbonyl (C=O) groups excluding carboxylic acids is 2. The third-order valence-electron chi connectivity index (χ3n) is 3.01. The molecule has 0 aliphatic heterocycles. The van der Waals surface area contributed by atoms with Gasteiger partial charge in [0, 0.05) is 22.5 Å². The van der Waals surface area contributed by atoms with Gasteiger partial charge in [-0.05, 0) is 26.0 Å². The van der Waals surface area contributed by atoms with E-state index in [2.05, 4.69) is 10.3 Å². The first-order valence-electron chi connectivity index (χ1n) is 8.38. The summed E-state index contributed by atoms with van der Waals surface area (Å²) in [4.78, 5) is 27.2. The number of amides is 1. The molecule has 0 unspecified atom stereocenters. The Morgan fingerprint density at radius 1 is 0.958 bits per heavy atom. The lowest BCUT2D eigenvalue weighted by Gasteiger charge is -2.02. The standard InChI is InChI=1S/C16H16N2O2.2C2H6/c1-3-12-13(10-17-14(12)4-2)15(19)16(20)18-11-8-6-5-7-9-11;2*1-2/h3-10,17H,1-2H3,(H,18,20);2*1-2H3/b12-3-,14-4+;;. The Kier molecular flexibility index (Phi) is 10.6. The maximum atomic E-state index is 12.2. The molecule has 4 nitrogen and oxygen atoms in total. The molecule has 1 heterocycles. The van der Waals surface area contributed by atoms with E-state index >= 15 is 0 Å². The number of benzene rings is 1. The van der Waals surface area contributed by atoms with Gasteiger partial charge in [0.25, 0.3) is 11.7 Å². The average molecular weight is 328 g/mol. The highest BCUT2D eigenvalue weighted by Crippen LogP contribution is 2.05. The van der Waals surface area contributed by atoms with Crippen LogP contribution in [0.25, 0.3) is 12.2 Å². The zero-order valence-electron chi connectivity index (χ0n) is 15.4. The zero-order valence-corrected chi connectivity index (χ0v) is 15.4. The molecular weight excluding hydrogens is 300 g/mol. The summed E-state index contributed by atoms with van der Waals surface area (Å²) in [6.45, 7) is 11.7. The van der Waals surface area contributed by atoms with E-state index in [1.165, 1.54) is 0 Å². The lowest BCUT2D eigenvalue weighted by atomic mass is 10.1. The first-order valence-corrected chi connectivity index (χ1v) is 8.38. The molecule has 4 heteroatoms. The van der Waals surface area contributed by atoms with Gasteiger partial charge in [0.2, 0.25) is 0 Å². The SMILES string of the molecule is C/C=c1/c(C(=O)C(=O)Nc2ccccc2)c[nH]/c1=C/C.CC.CC. The predicted molar refractivity (Wildman–Crippen MR) is 102 cm³/mol. The summed E-state index contributed by atoms with van der Waals surface area (Å²) in [5, 5.41) is 4.18. The monoisotopic (exact) mass is 328 g/mol. The third-order valence-corrected chi connectivity index (χ3v) is 3.01. The van der Waals surface area contributed by atoms with Gasteiger partial charge in [-0.2, -0.15) is 0 Å². The number of Topliss-reactive ketones (excluding diaryl/α,β-unsaturated/α-hetero) is 1. The number of nitrogens with one attached hydrogen (secondary N) is 2. The van der Waals surface area contributed by atoms with E-state index in [9.17, 15) is 9.59 Å². The van der Waals surface area contributed by atoms with Gasteiger partial charge in [0.05, 0.1) is 5.56 Å². The van der Waals surface area contributed by atoms with Gasteiger partial charge in [-0.15, -0.1) is 0 Å². The summed E-state index contributed by atoms with van der Waals surface area (Å²) in [6, 6.07) is 8.91. The van der Waals surface area contributed by atoms with E-state index in [4.69, 9.17) is 0 Å². The molecular formula is C20H28N2O2. The lowest BCUT2D eigenvalue weighted by molar-refractivity contribution is -0.112. The summed E-state index contributed by atoms with van der Waals surface area (Å²) in [7, 11) is 0. The van der Waals surface area contributed by atoms with E-state index in [1.807, 2.05) is 59.8 Å². The van der Waals surface area contributed by atoms with E-state index in [1.54, 1.807) is 30.5 Å². The van der Waals surface area contributed by atoms with E-state index in [-0.39, 0.29) is 0 Å². The van der Waals surface area contributed by atoms with E-state index in [0.29, 0.717) is 11.3 Å². The fourth-order valence-electron chi connectivity index (χ4n) is 2.02. The van der Waals surface area contributed by atoms with Crippen LogP contribution in [0.5, 0.6) is 0 Å². The van der Waals surface area contributed by atoms with Gasteiger partial charge in [0.15, 0.2) is 0 Å². The topological polar surface area (TPSA) is 62.0 Å². The molecule has 2 N–H and O–H groups in total. The number of hydrogen-bond acceptors (Lipinski definition) is 2. The summed E-state index contributed by atoms with van der Waals surface area (Å²) in [5.74, 6) is -1.19. The first-order chi connectivity index (χ1) is 11.7. The number of aromatic nitrogens is 1. The molecule has 1 amide bonds. The maximum Gasteiger partial charge on any atom is 0.296 e. The summed E-state index contributed by atoms with van der Waals surface area (Å²) in [5.41, 5.74) is 0.986. The van der Waals surface area contributed by atoms with Crippen LogP contribution in [0.1, 0.15) is 51.9 Å². The number of para-hydroxylation sites is 1. The van der Waals surface area contributed by atoms with Crippen molar-refractivity contribution in [3.8, 4) is 0 Å². The molecule has 1 aromatic heterocycles. The third kappa shape index (κ3) is 5.54. The number of carbonyl (C=O) groups is 2. The molecule has 0 aliphatic rings. The van der Waals surface area contributed by atoms with Crippen LogP contribution >= 0.6 is 0 Å². The molecule has 0 radical (unpaired) electrons. The number of anilines is 1. The highest BCUT2D eigenvalue weighted by Gasteiger charge is 2.18. The van der Waals surface area contributed by atoms with Crippen molar-refractivity contribution in [1.29, 1.82) is 0 Å². The van der Waals surface area contributed by atoms with Crippen LogP contribution in [0.15, 0.2) is 36.5 Å². The van der Waals surface area contributed by atoms with Crippen molar-refractivity contribution in [3.05, 3.63) is 52.7 Å². The summed E-state index contributed by atoms with van der Waals surface area (Å²) >= 11 is 0. The van der Waals surface area contributed by atoms with Crippen LogP contribution in [0.4, 0.5) is 5.69 Å². The lowest BCUT2D eigenvalue weighted by Crippen LogP contribution is -2.31. The van der Waals surface area contributed by atoms with Crippen molar-refractivity contribution in [1.82, 2.24) is 4.98 Å². The Labute approximate surface area is 144 Å². The minimum atomic E-state index is -0.638. The second kappa shape index (κ2) is 11.9. The molecule has 0 spiro atoms. The Morgan fingerprint density at radius 2 is 1.54 bits per heavy atom. The maximum absolute atomic E-state index is 12.2. The highest BCUT2D eigenvalue weighted by atomic mass is 16.2. The van der Waals surface area contributed by atoms with Crippen LogP contribution in [-0.4, -0.2) is 16.7 Å². The van der Waals surface area contributed by atoms with Crippen molar-refractivity contribution in [2.75, 3.05) is 5.32 Å². The molecule has 24 heavy (non-hydrogen) atoms. The number of ketones is 1. The summed E-state index contributed by atoms with van der Waals surface area (Å²) < 4.78 is 0. The van der Waals surface area contributed by atoms with Crippen molar-refractivity contribution in [2.24, 2.45) is 0 Å². The molecule has 2 aromatic rings. The van der Waals surface area contributed by atoms with Crippen LogP contribution < -0.4 is 15.9 Å².